The number of aromatic nitrogens is 3. The van der Waals surface area contributed by atoms with E-state index in [1.54, 1.807) is 25.3 Å². The van der Waals surface area contributed by atoms with Gasteiger partial charge in [0, 0.05) is 18.7 Å². The maximum Gasteiger partial charge on any atom is 0.271 e. The molecule has 2 heterocycles. The fourth-order valence-corrected chi connectivity index (χ4v) is 3.70. The number of aryl methyl sites for hydroxylation is 1. The Labute approximate surface area is 182 Å². The third kappa shape index (κ3) is 4.77. The van der Waals surface area contributed by atoms with Gasteiger partial charge in [-0.25, -0.2) is 0 Å². The smallest absolute Gasteiger partial charge is 0.271 e. The number of furan rings is 1. The van der Waals surface area contributed by atoms with Crippen molar-refractivity contribution >= 4 is 29.0 Å². The van der Waals surface area contributed by atoms with Crippen LogP contribution in [-0.4, -0.2) is 38.0 Å². The molecule has 3 aromatic rings. The second-order valence-corrected chi connectivity index (χ2v) is 7.79. The molecule has 11 heteroatoms. The van der Waals surface area contributed by atoms with Crippen LogP contribution in [0.25, 0.3) is 11.4 Å². The second-order valence-electron chi connectivity index (χ2n) is 6.49. The summed E-state index contributed by atoms with van der Waals surface area (Å²) in [6.07, 6.45) is 3.29. The topological polar surface area (TPSA) is 125 Å². The standard InChI is InChI=1S/C20H21N5O5S/c1-5-9-24-18(15-8-10-30-12(15)2)22-23-20(24)31-13(3)19(26)21-16-11-14(25(27)28)6-7-17(16)29-4/h5-8,10-11,13H,1,9H2,2-4H3,(H,21,26). The van der Waals surface area contributed by atoms with Crippen LogP contribution in [0.3, 0.4) is 0 Å². The van der Waals surface area contributed by atoms with Crippen LogP contribution in [0.4, 0.5) is 11.4 Å². The quantitative estimate of drug-likeness (QED) is 0.227. The van der Waals surface area contributed by atoms with Gasteiger partial charge in [0.15, 0.2) is 11.0 Å². The number of nitrogens with zero attached hydrogens (tertiary/aromatic N) is 4. The van der Waals surface area contributed by atoms with Gasteiger partial charge in [-0.05, 0) is 26.0 Å². The summed E-state index contributed by atoms with van der Waals surface area (Å²) >= 11 is 1.21. The maximum absolute atomic E-state index is 12.8. The lowest BCUT2D eigenvalue weighted by molar-refractivity contribution is -0.384. The SMILES string of the molecule is C=CCn1c(SC(C)C(=O)Nc2cc([N+](=O)[O-])ccc2OC)nnc1-c1ccoc1C. The minimum absolute atomic E-state index is 0.151. The van der Waals surface area contributed by atoms with Gasteiger partial charge in [-0.2, -0.15) is 0 Å². The molecule has 1 atom stereocenters. The largest absolute Gasteiger partial charge is 0.495 e. The number of hydrogen-bond acceptors (Lipinski definition) is 8. The number of hydrogen-bond donors (Lipinski definition) is 1. The molecule has 0 fully saturated rings. The zero-order valence-electron chi connectivity index (χ0n) is 17.2. The highest BCUT2D eigenvalue weighted by molar-refractivity contribution is 8.00. The number of methoxy groups -OCH3 is 1. The Kier molecular flexibility index (Phi) is 6.75. The predicted octanol–water partition coefficient (Wildman–Crippen LogP) is 4.07. The molecule has 162 valence electrons. The van der Waals surface area contributed by atoms with Gasteiger partial charge in [0.25, 0.3) is 5.69 Å². The van der Waals surface area contributed by atoms with Crippen LogP contribution in [0.2, 0.25) is 0 Å². The number of amides is 1. The van der Waals surface area contributed by atoms with Crippen molar-refractivity contribution in [2.75, 3.05) is 12.4 Å². The lowest BCUT2D eigenvalue weighted by Crippen LogP contribution is -2.23. The second kappa shape index (κ2) is 9.47. The summed E-state index contributed by atoms with van der Waals surface area (Å²) in [5.74, 6) is 1.28. The van der Waals surface area contributed by atoms with Gasteiger partial charge in [-0.15, -0.1) is 16.8 Å². The number of carbonyl (C=O) groups is 1. The molecule has 1 aromatic carbocycles. The minimum atomic E-state index is -0.574. The fraction of sp³-hybridized carbons (Fsp3) is 0.250. The van der Waals surface area contributed by atoms with E-state index in [-0.39, 0.29) is 17.3 Å². The van der Waals surface area contributed by atoms with Gasteiger partial charge in [-0.3, -0.25) is 19.5 Å². The Morgan fingerprint density at radius 3 is 2.84 bits per heavy atom. The summed E-state index contributed by atoms with van der Waals surface area (Å²) in [5, 5.41) is 22.2. The lowest BCUT2D eigenvalue weighted by Gasteiger charge is -2.14. The van der Waals surface area contributed by atoms with Crippen molar-refractivity contribution in [3.05, 3.63) is 59.1 Å². The predicted molar refractivity (Wildman–Crippen MR) is 116 cm³/mol. The molecule has 0 saturated heterocycles. The Morgan fingerprint density at radius 1 is 1.45 bits per heavy atom. The highest BCUT2D eigenvalue weighted by atomic mass is 32.2. The van der Waals surface area contributed by atoms with Gasteiger partial charge < -0.3 is 14.5 Å². The number of benzene rings is 1. The summed E-state index contributed by atoms with van der Waals surface area (Å²) in [6.45, 7) is 7.76. The van der Waals surface area contributed by atoms with Crippen molar-refractivity contribution in [2.24, 2.45) is 0 Å². The number of thioether (sulfide) groups is 1. The number of nitrogens with one attached hydrogen (secondary N) is 1. The molecule has 0 radical (unpaired) electrons. The summed E-state index contributed by atoms with van der Waals surface area (Å²) in [5.41, 5.74) is 0.873. The minimum Gasteiger partial charge on any atom is -0.495 e. The van der Waals surface area contributed by atoms with Crippen LogP contribution in [-0.2, 0) is 11.3 Å². The number of allylic oxidation sites excluding steroid dienone is 1. The number of non-ortho nitro benzene ring substituents is 1. The summed E-state index contributed by atoms with van der Waals surface area (Å²) < 4.78 is 12.4. The van der Waals surface area contributed by atoms with Crippen molar-refractivity contribution < 1.29 is 18.9 Å². The van der Waals surface area contributed by atoms with E-state index in [0.717, 1.165) is 5.56 Å². The molecule has 0 spiro atoms. The number of nitro benzene ring substituents is 1. The van der Waals surface area contributed by atoms with E-state index in [1.165, 1.54) is 37.1 Å². The molecular weight excluding hydrogens is 422 g/mol. The molecule has 0 aliphatic rings. The number of anilines is 1. The number of rotatable bonds is 9. The average molecular weight is 443 g/mol. The highest BCUT2D eigenvalue weighted by Crippen LogP contribution is 2.32. The van der Waals surface area contributed by atoms with E-state index >= 15 is 0 Å². The molecule has 0 saturated carbocycles. The summed E-state index contributed by atoms with van der Waals surface area (Å²) in [7, 11) is 1.42. The van der Waals surface area contributed by atoms with Crippen molar-refractivity contribution in [1.82, 2.24) is 14.8 Å². The van der Waals surface area contributed by atoms with Gasteiger partial charge in [0.1, 0.15) is 11.5 Å². The van der Waals surface area contributed by atoms with Gasteiger partial charge in [0.2, 0.25) is 5.91 Å². The Bertz CT molecular complexity index is 1120. The fourth-order valence-electron chi connectivity index (χ4n) is 2.84. The van der Waals surface area contributed by atoms with Crippen molar-refractivity contribution in [3.63, 3.8) is 0 Å². The van der Waals surface area contributed by atoms with Crippen molar-refractivity contribution in [2.45, 2.75) is 30.8 Å². The zero-order valence-corrected chi connectivity index (χ0v) is 18.0. The van der Waals surface area contributed by atoms with Gasteiger partial charge in [-0.1, -0.05) is 17.8 Å². The lowest BCUT2D eigenvalue weighted by atomic mass is 10.2. The van der Waals surface area contributed by atoms with E-state index in [2.05, 4.69) is 22.1 Å². The maximum atomic E-state index is 12.8. The van der Waals surface area contributed by atoms with Crippen LogP contribution in [0.15, 0.2) is 52.8 Å². The normalized spacial score (nSPS) is 11.7. The third-order valence-electron chi connectivity index (χ3n) is 4.43. The molecule has 31 heavy (non-hydrogen) atoms. The molecule has 1 amide bonds. The van der Waals surface area contributed by atoms with Crippen LogP contribution in [0, 0.1) is 17.0 Å². The molecule has 0 aliphatic carbocycles. The molecule has 0 aliphatic heterocycles. The van der Waals surface area contributed by atoms with Crippen molar-refractivity contribution in [1.29, 1.82) is 0 Å². The molecular formula is C20H21N5O5S. The Morgan fingerprint density at radius 2 is 2.23 bits per heavy atom. The first kappa shape index (κ1) is 22.1. The first-order chi connectivity index (χ1) is 14.8. The van der Waals surface area contributed by atoms with E-state index in [0.29, 0.717) is 29.0 Å². The molecule has 3 rings (SSSR count). The van der Waals surface area contributed by atoms with Gasteiger partial charge >= 0.3 is 0 Å². The molecule has 1 N–H and O–H groups in total. The van der Waals surface area contributed by atoms with Crippen LogP contribution >= 0.6 is 11.8 Å². The van der Waals surface area contributed by atoms with Crippen LogP contribution in [0.1, 0.15) is 12.7 Å². The number of carbonyl (C=O) groups excluding carboxylic acids is 1. The van der Waals surface area contributed by atoms with Crippen LogP contribution in [0.5, 0.6) is 5.75 Å². The number of ether oxygens (including phenoxy) is 1. The zero-order chi connectivity index (χ0) is 22.5. The summed E-state index contributed by atoms with van der Waals surface area (Å²) in [6, 6.07) is 5.81. The Hall–Kier alpha value is -3.60. The van der Waals surface area contributed by atoms with E-state index in [4.69, 9.17) is 9.15 Å². The number of nitro groups is 1. The summed E-state index contributed by atoms with van der Waals surface area (Å²) in [4.78, 5) is 23.3. The monoisotopic (exact) mass is 443 g/mol. The van der Waals surface area contributed by atoms with Crippen molar-refractivity contribution in [3.8, 4) is 17.1 Å². The molecule has 10 nitrogen and oxygen atoms in total. The van der Waals surface area contributed by atoms with Gasteiger partial charge in [0.05, 0.1) is 34.8 Å². The first-order valence-corrected chi connectivity index (χ1v) is 10.1. The van der Waals surface area contributed by atoms with Crippen LogP contribution < -0.4 is 10.1 Å². The van der Waals surface area contributed by atoms with E-state index in [1.807, 2.05) is 11.5 Å². The van der Waals surface area contributed by atoms with E-state index < -0.39 is 10.2 Å². The molecule has 0 bridgehead atoms. The molecule has 1 unspecified atom stereocenters. The third-order valence-corrected chi connectivity index (χ3v) is 5.51. The average Bonchev–Trinajstić information content (AvgIpc) is 3.33. The highest BCUT2D eigenvalue weighted by Gasteiger charge is 2.23. The first-order valence-electron chi connectivity index (χ1n) is 9.24. The Balaban J connectivity index is 1.81. The van der Waals surface area contributed by atoms with E-state index in [9.17, 15) is 14.9 Å². The molecule has 2 aromatic heterocycles.